The Labute approximate surface area is 136 Å². The molecule has 2 rings (SSSR count). The number of carbonyl (C=O) groups is 2. The number of carboxylic acid groups (broad SMARTS) is 1. The van der Waals surface area contributed by atoms with Gasteiger partial charge in [-0.15, -0.1) is 0 Å². The first-order valence-corrected chi connectivity index (χ1v) is 8.11. The largest absolute Gasteiger partial charge is 0.481 e. The lowest BCUT2D eigenvalue weighted by molar-refractivity contribution is -0.192. The molecule has 0 radical (unpaired) electrons. The third-order valence-corrected chi connectivity index (χ3v) is 4.89. The van der Waals surface area contributed by atoms with Crippen molar-refractivity contribution in [2.75, 3.05) is 26.3 Å². The number of rotatable bonds is 2. The van der Waals surface area contributed by atoms with Crippen LogP contribution in [0.5, 0.6) is 0 Å². The van der Waals surface area contributed by atoms with Crippen LogP contribution in [0.25, 0.3) is 0 Å². The van der Waals surface area contributed by atoms with E-state index >= 15 is 0 Å². The first-order chi connectivity index (χ1) is 10.6. The molecular formula is C16H27NO6. The van der Waals surface area contributed by atoms with Gasteiger partial charge in [0.1, 0.15) is 11.0 Å². The zero-order valence-corrected chi connectivity index (χ0v) is 14.1. The minimum Gasteiger partial charge on any atom is -0.481 e. The highest BCUT2D eigenvalue weighted by atomic mass is 16.6. The Morgan fingerprint density at radius 2 is 1.61 bits per heavy atom. The predicted molar refractivity (Wildman–Crippen MR) is 82.1 cm³/mol. The molecule has 2 heterocycles. The molecule has 2 N–H and O–H groups in total. The molecule has 7 nitrogen and oxygen atoms in total. The second-order valence-electron chi connectivity index (χ2n) is 7.50. The molecule has 2 aliphatic rings. The van der Waals surface area contributed by atoms with Crippen LogP contribution in [-0.4, -0.2) is 64.7 Å². The second-order valence-corrected chi connectivity index (χ2v) is 7.50. The van der Waals surface area contributed by atoms with Gasteiger partial charge in [0.25, 0.3) is 0 Å². The van der Waals surface area contributed by atoms with Gasteiger partial charge >= 0.3 is 12.1 Å². The molecule has 0 aromatic rings. The van der Waals surface area contributed by atoms with E-state index in [-0.39, 0.29) is 12.8 Å². The Balaban J connectivity index is 2.06. The van der Waals surface area contributed by atoms with E-state index in [1.165, 1.54) is 4.90 Å². The van der Waals surface area contributed by atoms with Crippen LogP contribution in [-0.2, 0) is 14.3 Å². The summed E-state index contributed by atoms with van der Waals surface area (Å²) in [5.41, 5.74) is -3.08. The Hall–Kier alpha value is -1.34. The number of aliphatic hydroxyl groups is 1. The SMILES string of the molecule is CC(C)(C)OC(=O)N1CCC(O)(C2(C(=O)O)CCOCC2)CC1. The van der Waals surface area contributed by atoms with Crippen LogP contribution in [0, 0.1) is 5.41 Å². The van der Waals surface area contributed by atoms with Crippen LogP contribution in [0.3, 0.4) is 0 Å². The highest BCUT2D eigenvalue weighted by molar-refractivity contribution is 5.77. The van der Waals surface area contributed by atoms with Crippen molar-refractivity contribution < 1.29 is 29.3 Å². The molecule has 1 amide bonds. The molecule has 0 bridgehead atoms. The molecule has 23 heavy (non-hydrogen) atoms. The van der Waals surface area contributed by atoms with Crippen molar-refractivity contribution in [3.63, 3.8) is 0 Å². The third kappa shape index (κ3) is 3.61. The van der Waals surface area contributed by atoms with Gasteiger partial charge in [0, 0.05) is 26.3 Å². The average molecular weight is 329 g/mol. The fourth-order valence-electron chi connectivity index (χ4n) is 3.46. The van der Waals surface area contributed by atoms with Crippen molar-refractivity contribution in [2.45, 2.75) is 57.7 Å². The van der Waals surface area contributed by atoms with E-state index in [0.717, 1.165) is 0 Å². The number of nitrogens with zero attached hydrogens (tertiary/aromatic N) is 1. The van der Waals surface area contributed by atoms with Gasteiger partial charge < -0.3 is 24.6 Å². The number of likely N-dealkylation sites (tertiary alicyclic amines) is 1. The lowest BCUT2D eigenvalue weighted by Crippen LogP contribution is -2.61. The quantitative estimate of drug-likeness (QED) is 0.799. The molecule has 0 aliphatic carbocycles. The van der Waals surface area contributed by atoms with Crippen molar-refractivity contribution in [1.29, 1.82) is 0 Å². The molecule has 0 aromatic heterocycles. The van der Waals surface area contributed by atoms with Crippen LogP contribution in [0.2, 0.25) is 0 Å². The zero-order valence-electron chi connectivity index (χ0n) is 14.1. The van der Waals surface area contributed by atoms with Gasteiger partial charge in [0.2, 0.25) is 0 Å². The van der Waals surface area contributed by atoms with Gasteiger partial charge in [-0.25, -0.2) is 4.79 Å². The monoisotopic (exact) mass is 329 g/mol. The standard InChI is InChI=1S/C16H27NO6/c1-14(2,3)23-13(20)17-8-4-16(21,5-9-17)15(12(18)19)6-10-22-11-7-15/h21H,4-11H2,1-3H3,(H,18,19). The summed E-state index contributed by atoms with van der Waals surface area (Å²) in [4.78, 5) is 25.5. The van der Waals surface area contributed by atoms with Crippen LogP contribution in [0.4, 0.5) is 4.79 Å². The van der Waals surface area contributed by atoms with Crippen LogP contribution in [0.1, 0.15) is 46.5 Å². The summed E-state index contributed by atoms with van der Waals surface area (Å²) in [6.07, 6.45) is 0.643. The minimum absolute atomic E-state index is 0.235. The summed E-state index contributed by atoms with van der Waals surface area (Å²) in [7, 11) is 0. The van der Waals surface area contributed by atoms with Gasteiger partial charge in [-0.3, -0.25) is 4.79 Å². The fourth-order valence-corrected chi connectivity index (χ4v) is 3.46. The smallest absolute Gasteiger partial charge is 0.410 e. The molecule has 7 heteroatoms. The molecular weight excluding hydrogens is 302 g/mol. The van der Waals surface area contributed by atoms with E-state index in [9.17, 15) is 19.8 Å². The van der Waals surface area contributed by atoms with Crippen molar-refractivity contribution in [3.05, 3.63) is 0 Å². The molecule has 2 aliphatic heterocycles. The van der Waals surface area contributed by atoms with Crippen molar-refractivity contribution in [2.24, 2.45) is 5.41 Å². The van der Waals surface area contributed by atoms with Crippen molar-refractivity contribution >= 4 is 12.1 Å². The van der Waals surface area contributed by atoms with Gasteiger partial charge in [0.15, 0.2) is 0 Å². The van der Waals surface area contributed by atoms with E-state index in [4.69, 9.17) is 9.47 Å². The molecule has 2 saturated heterocycles. The Kier molecular flexibility index (Phi) is 4.92. The van der Waals surface area contributed by atoms with Crippen molar-refractivity contribution in [1.82, 2.24) is 4.90 Å². The Morgan fingerprint density at radius 3 is 2.04 bits per heavy atom. The summed E-state index contributed by atoms with van der Waals surface area (Å²) >= 11 is 0. The average Bonchev–Trinajstić information content (AvgIpc) is 2.46. The predicted octanol–water partition coefficient (Wildman–Crippen LogP) is 1.63. The number of hydrogen-bond donors (Lipinski definition) is 2. The van der Waals surface area contributed by atoms with E-state index in [0.29, 0.717) is 39.1 Å². The maximum Gasteiger partial charge on any atom is 0.410 e. The third-order valence-electron chi connectivity index (χ3n) is 4.89. The lowest BCUT2D eigenvalue weighted by Gasteiger charge is -2.50. The summed E-state index contributed by atoms with van der Waals surface area (Å²) in [6, 6.07) is 0. The van der Waals surface area contributed by atoms with Gasteiger partial charge in [-0.1, -0.05) is 0 Å². The molecule has 132 valence electrons. The lowest BCUT2D eigenvalue weighted by atomic mass is 9.63. The highest BCUT2D eigenvalue weighted by Crippen LogP contribution is 2.47. The second kappa shape index (κ2) is 6.28. The summed E-state index contributed by atoms with van der Waals surface area (Å²) in [6.45, 7) is 6.66. The molecule has 0 saturated carbocycles. The normalized spacial score (nSPS) is 24.1. The number of carboxylic acids is 1. The maximum absolute atomic E-state index is 12.1. The highest BCUT2D eigenvalue weighted by Gasteiger charge is 2.57. The molecule has 0 aromatic carbocycles. The number of amides is 1. The first kappa shape index (κ1) is 18.0. The van der Waals surface area contributed by atoms with Gasteiger partial charge in [-0.05, 0) is 46.5 Å². The Morgan fingerprint density at radius 1 is 1.09 bits per heavy atom. The topological polar surface area (TPSA) is 96.3 Å². The number of piperidine rings is 1. The number of hydrogen-bond acceptors (Lipinski definition) is 5. The molecule has 0 spiro atoms. The number of aliphatic carboxylic acids is 1. The molecule has 2 fully saturated rings. The zero-order chi connectivity index (χ0) is 17.3. The Bertz CT molecular complexity index is 456. The number of ether oxygens (including phenoxy) is 2. The minimum atomic E-state index is -1.32. The summed E-state index contributed by atoms with van der Waals surface area (Å²) in [5, 5.41) is 20.7. The summed E-state index contributed by atoms with van der Waals surface area (Å²) in [5.74, 6) is -0.978. The van der Waals surface area contributed by atoms with Crippen molar-refractivity contribution in [3.8, 4) is 0 Å². The van der Waals surface area contributed by atoms with E-state index in [1.807, 2.05) is 0 Å². The van der Waals surface area contributed by atoms with E-state index in [2.05, 4.69) is 0 Å². The fraction of sp³-hybridized carbons (Fsp3) is 0.875. The van der Waals surface area contributed by atoms with Crippen LogP contribution >= 0.6 is 0 Å². The maximum atomic E-state index is 12.1. The van der Waals surface area contributed by atoms with Crippen LogP contribution in [0.15, 0.2) is 0 Å². The molecule has 0 atom stereocenters. The number of carbonyl (C=O) groups excluding carboxylic acids is 1. The first-order valence-electron chi connectivity index (χ1n) is 8.11. The van der Waals surface area contributed by atoms with E-state index in [1.54, 1.807) is 20.8 Å². The molecule has 0 unspecified atom stereocenters. The van der Waals surface area contributed by atoms with Gasteiger partial charge in [0.05, 0.1) is 5.60 Å². The van der Waals surface area contributed by atoms with E-state index < -0.39 is 28.7 Å². The van der Waals surface area contributed by atoms with Gasteiger partial charge in [-0.2, -0.15) is 0 Å². The summed E-state index contributed by atoms with van der Waals surface area (Å²) < 4.78 is 10.6. The van der Waals surface area contributed by atoms with Crippen LogP contribution < -0.4 is 0 Å².